The largest absolute Gasteiger partial charge is 0.452 e. The summed E-state index contributed by atoms with van der Waals surface area (Å²) in [6.07, 6.45) is 1.45. The summed E-state index contributed by atoms with van der Waals surface area (Å²) < 4.78 is 6.67. The number of nitrogens with zero attached hydrogens (tertiary/aromatic N) is 5. The van der Waals surface area contributed by atoms with Gasteiger partial charge in [0, 0.05) is 11.7 Å². The fourth-order valence-electron chi connectivity index (χ4n) is 2.63. The summed E-state index contributed by atoms with van der Waals surface area (Å²) >= 11 is 0. The number of para-hydroxylation sites is 1. The van der Waals surface area contributed by atoms with Crippen LogP contribution in [0.1, 0.15) is 24.2 Å². The van der Waals surface area contributed by atoms with Crippen LogP contribution in [0.4, 0.5) is 5.69 Å². The summed E-state index contributed by atoms with van der Waals surface area (Å²) in [4.78, 5) is 26.4. The minimum atomic E-state index is -0.566. The van der Waals surface area contributed by atoms with E-state index < -0.39 is 5.97 Å². The lowest BCUT2D eigenvalue weighted by atomic mass is 10.2. The van der Waals surface area contributed by atoms with Crippen molar-refractivity contribution in [3.05, 3.63) is 66.5 Å². The lowest BCUT2D eigenvalue weighted by Gasteiger charge is -2.26. The molecule has 0 saturated carbocycles. The second-order valence-corrected chi connectivity index (χ2v) is 6.07. The van der Waals surface area contributed by atoms with Crippen molar-refractivity contribution in [1.29, 1.82) is 0 Å². The number of carbonyl (C=O) groups is 2. The van der Waals surface area contributed by atoms with Crippen LogP contribution in [0.3, 0.4) is 0 Å². The molecule has 8 nitrogen and oxygen atoms in total. The zero-order chi connectivity index (χ0) is 19.2. The van der Waals surface area contributed by atoms with Crippen molar-refractivity contribution in [3.8, 4) is 5.69 Å². The SMILES string of the molecule is CC(C)N(C(=O)COC(=O)c1ccc(-n2cnnn2)cc1)c1ccccc1. The molecule has 0 aliphatic rings. The van der Waals surface area contributed by atoms with Crippen molar-refractivity contribution >= 4 is 17.6 Å². The van der Waals surface area contributed by atoms with E-state index in [1.165, 1.54) is 11.0 Å². The second-order valence-electron chi connectivity index (χ2n) is 6.07. The van der Waals surface area contributed by atoms with E-state index in [0.29, 0.717) is 11.3 Å². The van der Waals surface area contributed by atoms with E-state index >= 15 is 0 Å². The molecule has 2 aromatic carbocycles. The highest BCUT2D eigenvalue weighted by Gasteiger charge is 2.20. The minimum Gasteiger partial charge on any atom is -0.452 e. The van der Waals surface area contributed by atoms with Crippen LogP contribution in [0.5, 0.6) is 0 Å². The number of tetrazole rings is 1. The van der Waals surface area contributed by atoms with Gasteiger partial charge in [0.15, 0.2) is 6.61 Å². The van der Waals surface area contributed by atoms with Crippen LogP contribution in [0, 0.1) is 0 Å². The molecule has 3 aromatic rings. The third-order valence-electron chi connectivity index (χ3n) is 3.86. The standard InChI is InChI=1S/C19H19N5O3/c1-14(2)24(17-6-4-3-5-7-17)18(25)12-27-19(26)15-8-10-16(11-9-15)23-13-20-21-22-23/h3-11,13-14H,12H2,1-2H3. The van der Waals surface area contributed by atoms with E-state index in [1.807, 2.05) is 44.2 Å². The van der Waals surface area contributed by atoms with Crippen LogP contribution in [-0.2, 0) is 9.53 Å². The number of esters is 1. The first-order valence-electron chi connectivity index (χ1n) is 8.44. The molecule has 0 aliphatic heterocycles. The molecule has 0 radical (unpaired) electrons. The smallest absolute Gasteiger partial charge is 0.338 e. The Morgan fingerprint density at radius 3 is 2.37 bits per heavy atom. The molecule has 8 heteroatoms. The predicted octanol–water partition coefficient (Wildman–Crippen LogP) is 2.26. The summed E-state index contributed by atoms with van der Waals surface area (Å²) in [7, 11) is 0. The van der Waals surface area contributed by atoms with Gasteiger partial charge in [0.1, 0.15) is 6.33 Å². The summed E-state index contributed by atoms with van der Waals surface area (Å²) in [6, 6.07) is 15.8. The lowest BCUT2D eigenvalue weighted by Crippen LogP contribution is -2.39. The number of benzene rings is 2. The van der Waals surface area contributed by atoms with Gasteiger partial charge in [0.2, 0.25) is 0 Å². The zero-order valence-electron chi connectivity index (χ0n) is 15.0. The first-order valence-corrected chi connectivity index (χ1v) is 8.44. The maximum absolute atomic E-state index is 12.6. The predicted molar refractivity (Wildman–Crippen MR) is 98.5 cm³/mol. The van der Waals surface area contributed by atoms with Gasteiger partial charge in [-0.05, 0) is 60.7 Å². The van der Waals surface area contributed by atoms with Crippen LogP contribution in [0.15, 0.2) is 60.9 Å². The Morgan fingerprint density at radius 1 is 1.07 bits per heavy atom. The third kappa shape index (κ3) is 4.35. The van der Waals surface area contributed by atoms with Crippen molar-refractivity contribution in [2.24, 2.45) is 0 Å². The number of ether oxygens (including phenoxy) is 1. The van der Waals surface area contributed by atoms with E-state index in [9.17, 15) is 9.59 Å². The quantitative estimate of drug-likeness (QED) is 0.623. The maximum Gasteiger partial charge on any atom is 0.338 e. The Balaban J connectivity index is 1.63. The Labute approximate surface area is 156 Å². The first kappa shape index (κ1) is 18.2. The number of anilines is 1. The van der Waals surface area contributed by atoms with E-state index in [4.69, 9.17) is 4.74 Å². The highest BCUT2D eigenvalue weighted by Crippen LogP contribution is 2.17. The monoisotopic (exact) mass is 365 g/mol. The molecule has 3 rings (SSSR count). The number of carbonyl (C=O) groups excluding carboxylic acids is 2. The molecule has 138 valence electrons. The van der Waals surface area contributed by atoms with Crippen molar-refractivity contribution < 1.29 is 14.3 Å². The van der Waals surface area contributed by atoms with Crippen LogP contribution in [0.2, 0.25) is 0 Å². The van der Waals surface area contributed by atoms with E-state index in [1.54, 1.807) is 29.2 Å². The normalized spacial score (nSPS) is 10.6. The minimum absolute atomic E-state index is 0.0609. The van der Waals surface area contributed by atoms with Crippen LogP contribution < -0.4 is 4.90 Å². The van der Waals surface area contributed by atoms with Gasteiger partial charge in [-0.2, -0.15) is 0 Å². The highest BCUT2D eigenvalue weighted by molar-refractivity contribution is 5.97. The molecule has 0 bridgehead atoms. The molecular formula is C19H19N5O3. The summed E-state index contributed by atoms with van der Waals surface area (Å²) in [5, 5.41) is 10.9. The number of rotatable bonds is 6. The molecule has 0 spiro atoms. The molecule has 0 atom stereocenters. The van der Waals surface area contributed by atoms with Gasteiger partial charge in [0.05, 0.1) is 11.3 Å². The molecule has 1 heterocycles. The Morgan fingerprint density at radius 2 is 1.78 bits per heavy atom. The van der Waals surface area contributed by atoms with Crippen LogP contribution >= 0.6 is 0 Å². The van der Waals surface area contributed by atoms with Gasteiger partial charge in [-0.1, -0.05) is 18.2 Å². The average Bonchev–Trinajstić information content (AvgIpc) is 3.22. The fourth-order valence-corrected chi connectivity index (χ4v) is 2.63. The number of amides is 1. The number of hydrogen-bond donors (Lipinski definition) is 0. The van der Waals surface area contributed by atoms with Crippen molar-refractivity contribution in [2.75, 3.05) is 11.5 Å². The first-order chi connectivity index (χ1) is 13.1. The molecule has 0 aliphatic carbocycles. The molecular weight excluding hydrogens is 346 g/mol. The van der Waals surface area contributed by atoms with Crippen molar-refractivity contribution in [2.45, 2.75) is 19.9 Å². The molecule has 1 amide bonds. The van der Waals surface area contributed by atoms with Crippen LogP contribution in [0.25, 0.3) is 5.69 Å². The van der Waals surface area contributed by atoms with Crippen molar-refractivity contribution in [1.82, 2.24) is 20.2 Å². The molecule has 0 saturated heterocycles. The van der Waals surface area contributed by atoms with E-state index in [2.05, 4.69) is 15.5 Å². The van der Waals surface area contributed by atoms with Gasteiger partial charge in [0.25, 0.3) is 5.91 Å². The third-order valence-corrected chi connectivity index (χ3v) is 3.86. The Bertz CT molecular complexity index is 893. The molecule has 0 unspecified atom stereocenters. The second kappa shape index (κ2) is 8.22. The molecule has 27 heavy (non-hydrogen) atoms. The van der Waals surface area contributed by atoms with Gasteiger partial charge < -0.3 is 9.64 Å². The lowest BCUT2D eigenvalue weighted by molar-refractivity contribution is -0.122. The van der Waals surface area contributed by atoms with E-state index in [0.717, 1.165) is 5.69 Å². The number of hydrogen-bond acceptors (Lipinski definition) is 6. The Hall–Kier alpha value is -3.55. The summed E-state index contributed by atoms with van der Waals surface area (Å²) in [6.45, 7) is 3.48. The average molecular weight is 365 g/mol. The van der Waals surface area contributed by atoms with E-state index in [-0.39, 0.29) is 18.6 Å². The maximum atomic E-state index is 12.6. The molecule has 1 aromatic heterocycles. The topological polar surface area (TPSA) is 90.2 Å². The summed E-state index contributed by atoms with van der Waals surface area (Å²) in [5.41, 5.74) is 1.82. The van der Waals surface area contributed by atoms with Gasteiger partial charge in [-0.15, -0.1) is 5.10 Å². The zero-order valence-corrected chi connectivity index (χ0v) is 15.0. The molecule has 0 fully saturated rings. The van der Waals surface area contributed by atoms with Gasteiger partial charge in [-0.3, -0.25) is 4.79 Å². The van der Waals surface area contributed by atoms with Crippen LogP contribution in [-0.4, -0.2) is 44.7 Å². The van der Waals surface area contributed by atoms with Gasteiger partial charge >= 0.3 is 5.97 Å². The fraction of sp³-hybridized carbons (Fsp3) is 0.211. The highest BCUT2D eigenvalue weighted by atomic mass is 16.5. The Kier molecular flexibility index (Phi) is 5.55. The molecule has 0 N–H and O–H groups in total. The number of aromatic nitrogens is 4. The van der Waals surface area contributed by atoms with Crippen molar-refractivity contribution in [3.63, 3.8) is 0 Å². The summed E-state index contributed by atoms with van der Waals surface area (Å²) in [5.74, 6) is -0.849. The van der Waals surface area contributed by atoms with Gasteiger partial charge in [-0.25, -0.2) is 9.48 Å².